The summed E-state index contributed by atoms with van der Waals surface area (Å²) < 4.78 is 0. The van der Waals surface area contributed by atoms with Crippen molar-refractivity contribution in [3.05, 3.63) is 343 Å². The Balaban J connectivity index is 0.878. The number of benzene rings is 14. The van der Waals surface area contributed by atoms with E-state index in [2.05, 4.69) is 366 Å². The average Bonchev–Trinajstić information content (AvgIpc) is 1.57. The molecule has 2 aliphatic rings. The molecule has 0 saturated carbocycles. The highest BCUT2D eigenvalue weighted by atomic mass is 15.1. The van der Waals surface area contributed by atoms with Crippen LogP contribution in [0.15, 0.2) is 315 Å². The van der Waals surface area contributed by atoms with Gasteiger partial charge in [-0.2, -0.15) is 0 Å². The summed E-state index contributed by atoms with van der Waals surface area (Å²) in [6, 6.07) is 111. The molecule has 0 aliphatic heterocycles. The Hall–Kier alpha value is -11.1. The number of anilines is 6. The zero-order valence-electron chi connectivity index (χ0n) is 52.0. The summed E-state index contributed by atoms with van der Waals surface area (Å²) >= 11 is 0. The summed E-state index contributed by atoms with van der Waals surface area (Å²) in [5.74, 6) is 0. The van der Waals surface area contributed by atoms with E-state index in [9.17, 15) is 0 Å². The summed E-state index contributed by atoms with van der Waals surface area (Å²) in [5, 5.41) is 7.11. The maximum absolute atomic E-state index is 2.45. The monoisotopic (exact) mass is 1160 g/mol. The van der Waals surface area contributed by atoms with E-state index >= 15 is 0 Å². The lowest BCUT2D eigenvalue weighted by atomic mass is 9.81. The highest BCUT2D eigenvalue weighted by Crippen LogP contribution is 2.53. The van der Waals surface area contributed by atoms with Gasteiger partial charge in [0, 0.05) is 45.0 Å². The molecule has 0 amide bonds. The first kappa shape index (κ1) is 55.3. The van der Waals surface area contributed by atoms with Crippen molar-refractivity contribution in [3.8, 4) is 66.8 Å². The van der Waals surface area contributed by atoms with Crippen LogP contribution < -0.4 is 9.80 Å². The Morgan fingerprint density at radius 1 is 0.264 bits per heavy atom. The van der Waals surface area contributed by atoms with E-state index in [1.54, 1.807) is 0 Å². The number of allylic oxidation sites excluding steroid dienone is 3. The summed E-state index contributed by atoms with van der Waals surface area (Å²) in [6.07, 6.45) is 8.51. The normalized spacial score (nSPS) is 13.4. The third-order valence-corrected chi connectivity index (χ3v) is 19.5. The van der Waals surface area contributed by atoms with Gasteiger partial charge >= 0.3 is 0 Å². The summed E-state index contributed by atoms with van der Waals surface area (Å²) in [7, 11) is 0. The number of hydrogen-bond acceptors (Lipinski definition) is 2. The lowest BCUT2D eigenvalue weighted by Crippen LogP contribution is -2.14. The van der Waals surface area contributed by atoms with Crippen LogP contribution in [0.2, 0.25) is 0 Å². The molecule has 16 rings (SSSR count). The van der Waals surface area contributed by atoms with E-state index in [1.807, 2.05) is 0 Å². The zero-order chi connectivity index (χ0) is 61.4. The molecule has 2 heteroatoms. The van der Waals surface area contributed by atoms with Gasteiger partial charge in [-0.1, -0.05) is 252 Å². The van der Waals surface area contributed by atoms with Crippen LogP contribution in [0.1, 0.15) is 62.4 Å². The van der Waals surface area contributed by atoms with Gasteiger partial charge in [0.1, 0.15) is 0 Å². The van der Waals surface area contributed by atoms with E-state index in [0.717, 1.165) is 45.3 Å². The number of para-hydroxylation sites is 2. The molecule has 434 valence electrons. The smallest absolute Gasteiger partial charge is 0.0468 e. The molecule has 0 unspecified atom stereocenters. The third-order valence-electron chi connectivity index (χ3n) is 19.5. The predicted molar refractivity (Wildman–Crippen MR) is 389 cm³/mol. The van der Waals surface area contributed by atoms with Crippen LogP contribution in [0.3, 0.4) is 0 Å². The minimum Gasteiger partial charge on any atom is -0.310 e. The number of hydrogen-bond donors (Lipinski definition) is 0. The Labute approximate surface area is 534 Å². The summed E-state index contributed by atoms with van der Waals surface area (Å²) in [5.41, 5.74) is 27.8. The van der Waals surface area contributed by atoms with Crippen LogP contribution in [-0.4, -0.2) is 0 Å². The standard InChI is InChI=1S/C89H68N2/c1-6-7-10-22-59-23-21-26-66(53-59)86-78-51-47-73(91(69-29-13-9-14-30-69)71-45-39-62(40-46-71)65-42-50-77-75-32-18-20-34-83(75)89(4,5)85(77)56-65)58-81(78)87(67-36-35-60-24-15-16-25-63(60)54-67)79-52-48-72(57-80(79)86)90(68-27-11-8-12-28-68)70-43-37-61(38-44-70)64-41-49-76-74-31-17-19-33-82(74)88(2,3)84(76)55-64/h6-58H,1-5H3/b7-6-,22-10-. The minimum atomic E-state index is -0.0837. The van der Waals surface area contributed by atoms with Gasteiger partial charge in [0.25, 0.3) is 0 Å². The molecular weight excluding hydrogens is 1100 g/mol. The molecule has 91 heavy (non-hydrogen) atoms. The summed E-state index contributed by atoms with van der Waals surface area (Å²) in [4.78, 5) is 4.84. The maximum atomic E-state index is 2.45. The minimum absolute atomic E-state index is 0.0835. The average molecular weight is 1170 g/mol. The van der Waals surface area contributed by atoms with Crippen molar-refractivity contribution in [2.45, 2.75) is 45.4 Å². The third kappa shape index (κ3) is 9.49. The van der Waals surface area contributed by atoms with Gasteiger partial charge in [0.2, 0.25) is 0 Å². The van der Waals surface area contributed by atoms with Crippen LogP contribution in [0, 0.1) is 0 Å². The second-order valence-electron chi connectivity index (χ2n) is 25.6. The largest absolute Gasteiger partial charge is 0.310 e. The van der Waals surface area contributed by atoms with E-state index in [0.29, 0.717) is 0 Å². The molecule has 2 nitrogen and oxygen atoms in total. The molecular formula is C89H68N2. The Morgan fingerprint density at radius 3 is 1.20 bits per heavy atom. The Morgan fingerprint density at radius 2 is 0.681 bits per heavy atom. The van der Waals surface area contributed by atoms with Crippen molar-refractivity contribution in [2.24, 2.45) is 0 Å². The molecule has 0 saturated heterocycles. The Bertz CT molecular complexity index is 5220. The first-order chi connectivity index (χ1) is 44.6. The molecule has 2 aliphatic carbocycles. The van der Waals surface area contributed by atoms with Crippen molar-refractivity contribution >= 4 is 72.5 Å². The SMILES string of the molecule is C/C=C\C=C/c1cccc(-c2c3ccc(N(c4ccccc4)c4ccc(-c5ccc6c(c5)C(C)(C)c5ccccc5-6)cc4)cc3c(-c3ccc4ccccc4c3)c3ccc(N(c4ccccc4)c4ccc(-c5ccc6c(c5)C(C)(C)c5ccccc5-6)cc4)cc23)c1. The highest BCUT2D eigenvalue weighted by Gasteiger charge is 2.37. The first-order valence-corrected chi connectivity index (χ1v) is 31.9. The molecule has 0 bridgehead atoms. The first-order valence-electron chi connectivity index (χ1n) is 31.9. The van der Waals surface area contributed by atoms with Crippen molar-refractivity contribution in [3.63, 3.8) is 0 Å². The fourth-order valence-electron chi connectivity index (χ4n) is 14.9. The van der Waals surface area contributed by atoms with Crippen LogP contribution in [0.5, 0.6) is 0 Å². The molecule has 0 fully saturated rings. The molecule has 0 aromatic heterocycles. The van der Waals surface area contributed by atoms with Gasteiger partial charge in [-0.05, 0) is 231 Å². The lowest BCUT2D eigenvalue weighted by molar-refractivity contribution is 0.660. The van der Waals surface area contributed by atoms with E-state index in [1.165, 1.54) is 116 Å². The highest BCUT2D eigenvalue weighted by molar-refractivity contribution is 6.23. The van der Waals surface area contributed by atoms with Gasteiger partial charge in [-0.3, -0.25) is 0 Å². The van der Waals surface area contributed by atoms with Crippen LogP contribution in [0.25, 0.3) is 105 Å². The van der Waals surface area contributed by atoms with E-state index in [-0.39, 0.29) is 10.8 Å². The predicted octanol–water partition coefficient (Wildman–Crippen LogP) is 25.0. The summed E-state index contributed by atoms with van der Waals surface area (Å²) in [6.45, 7) is 11.5. The second-order valence-corrected chi connectivity index (χ2v) is 25.6. The maximum Gasteiger partial charge on any atom is 0.0468 e. The van der Waals surface area contributed by atoms with Gasteiger partial charge in [-0.25, -0.2) is 0 Å². The molecule has 0 heterocycles. The molecule has 0 spiro atoms. The zero-order valence-corrected chi connectivity index (χ0v) is 52.0. The molecule has 0 radical (unpaired) electrons. The molecule has 14 aromatic rings. The second kappa shape index (κ2) is 22.2. The number of fused-ring (bicyclic) bond motifs is 9. The number of rotatable bonds is 12. The van der Waals surface area contributed by atoms with Crippen LogP contribution in [-0.2, 0) is 10.8 Å². The van der Waals surface area contributed by atoms with Crippen molar-refractivity contribution in [1.29, 1.82) is 0 Å². The van der Waals surface area contributed by atoms with Crippen LogP contribution >= 0.6 is 0 Å². The van der Waals surface area contributed by atoms with Crippen molar-refractivity contribution < 1.29 is 0 Å². The van der Waals surface area contributed by atoms with E-state index < -0.39 is 0 Å². The van der Waals surface area contributed by atoms with Crippen molar-refractivity contribution in [1.82, 2.24) is 0 Å². The molecule has 0 N–H and O–H groups in total. The molecule has 0 atom stereocenters. The van der Waals surface area contributed by atoms with Crippen LogP contribution in [0.4, 0.5) is 34.1 Å². The topological polar surface area (TPSA) is 6.48 Å². The fourth-order valence-corrected chi connectivity index (χ4v) is 14.9. The van der Waals surface area contributed by atoms with Crippen molar-refractivity contribution in [2.75, 3.05) is 9.80 Å². The van der Waals surface area contributed by atoms with E-state index in [4.69, 9.17) is 0 Å². The lowest BCUT2D eigenvalue weighted by Gasteiger charge is -2.28. The van der Waals surface area contributed by atoms with Gasteiger partial charge in [0.05, 0.1) is 0 Å². The van der Waals surface area contributed by atoms with Gasteiger partial charge in [-0.15, -0.1) is 0 Å². The quantitative estimate of drug-likeness (QED) is 0.0889. The fraction of sp³-hybridized carbons (Fsp3) is 0.0787. The Kier molecular flexibility index (Phi) is 13.5. The number of nitrogens with zero attached hydrogens (tertiary/aromatic N) is 2. The van der Waals surface area contributed by atoms with Gasteiger partial charge in [0.15, 0.2) is 0 Å². The molecule has 14 aromatic carbocycles. The van der Waals surface area contributed by atoms with Gasteiger partial charge < -0.3 is 9.80 Å².